The SMILES string of the molecule is CCn1c(C)c(C(=O)O)c(-c2cc(F)cc(N3CCN(c4ccc(NS(=O)(=O)c5ccc(N[C@H](CCN6CCN(C(C)S)CC6)CSc6ccccc6)c(S(=O)(=O)C(F)(F)F)c5)cc4)CC3)c2)c1-c1ccc(Cl)cc1. The number of nitrogens with one attached hydrogen (secondary N) is 2. The van der Waals surface area contributed by atoms with Crippen LogP contribution in [0, 0.1) is 12.7 Å². The molecule has 0 aliphatic carbocycles. The Hall–Kier alpha value is -5.42. The Labute approximate surface area is 450 Å². The molecule has 0 spiro atoms. The lowest BCUT2D eigenvalue weighted by atomic mass is 9.96. The minimum Gasteiger partial charge on any atom is -0.478 e. The molecule has 0 amide bonds. The Morgan fingerprint density at radius 3 is 2.05 bits per heavy atom. The number of hydrogen-bond acceptors (Lipinski definition) is 12. The molecule has 5 aromatic carbocycles. The summed E-state index contributed by atoms with van der Waals surface area (Å²) in [6.45, 7) is 11.7. The summed E-state index contributed by atoms with van der Waals surface area (Å²) in [6.07, 6.45) is 0.460. The van der Waals surface area contributed by atoms with Crippen LogP contribution in [-0.2, 0) is 26.4 Å². The van der Waals surface area contributed by atoms with Gasteiger partial charge in [-0.3, -0.25) is 9.62 Å². The van der Waals surface area contributed by atoms with Crippen LogP contribution in [0.4, 0.5) is 40.3 Å². The van der Waals surface area contributed by atoms with Crippen molar-refractivity contribution in [2.75, 3.05) is 84.5 Å². The number of benzene rings is 5. The maximum Gasteiger partial charge on any atom is 0.501 e. The molecule has 13 nitrogen and oxygen atoms in total. The molecule has 8 rings (SSSR count). The van der Waals surface area contributed by atoms with Gasteiger partial charge in [0.05, 0.1) is 21.8 Å². The minimum absolute atomic E-state index is 0.0763. The van der Waals surface area contributed by atoms with E-state index >= 15 is 4.39 Å². The van der Waals surface area contributed by atoms with Crippen LogP contribution in [0.1, 0.15) is 36.3 Å². The third-order valence-corrected chi connectivity index (χ3v) is 18.3. The first-order chi connectivity index (χ1) is 35.6. The maximum absolute atomic E-state index is 15.6. The third kappa shape index (κ3) is 12.9. The summed E-state index contributed by atoms with van der Waals surface area (Å²) in [4.78, 5) is 20.4. The molecule has 3 N–H and O–H groups in total. The fourth-order valence-electron chi connectivity index (χ4n) is 9.63. The number of hydrogen-bond donors (Lipinski definition) is 4. The van der Waals surface area contributed by atoms with E-state index in [4.69, 9.17) is 11.6 Å². The molecule has 2 aliphatic heterocycles. The molecule has 400 valence electrons. The molecule has 0 saturated carbocycles. The van der Waals surface area contributed by atoms with E-state index in [9.17, 15) is 39.9 Å². The summed E-state index contributed by atoms with van der Waals surface area (Å²) in [6, 6.07) is 29.6. The lowest BCUT2D eigenvalue weighted by Gasteiger charge is -2.37. The summed E-state index contributed by atoms with van der Waals surface area (Å²) in [5.41, 5.74) is -1.93. The minimum atomic E-state index is -6.04. The maximum atomic E-state index is 15.6. The van der Waals surface area contributed by atoms with Crippen molar-refractivity contribution in [3.8, 4) is 22.4 Å². The van der Waals surface area contributed by atoms with Gasteiger partial charge in [-0.2, -0.15) is 25.8 Å². The van der Waals surface area contributed by atoms with Gasteiger partial charge in [-0.15, -0.1) is 11.8 Å². The van der Waals surface area contributed by atoms with E-state index in [0.29, 0.717) is 90.7 Å². The van der Waals surface area contributed by atoms with Gasteiger partial charge in [-0.1, -0.05) is 41.9 Å². The molecule has 0 radical (unpaired) electrons. The van der Waals surface area contributed by atoms with Gasteiger partial charge in [0.25, 0.3) is 19.9 Å². The Balaban J connectivity index is 0.970. The third-order valence-electron chi connectivity index (χ3n) is 13.6. The number of carboxylic acid groups (broad SMARTS) is 1. The molecule has 1 aromatic heterocycles. The second-order valence-corrected chi connectivity index (χ2v) is 24.3. The Morgan fingerprint density at radius 1 is 0.813 bits per heavy atom. The monoisotopic (exact) mass is 1130 g/mol. The van der Waals surface area contributed by atoms with Crippen LogP contribution in [0.15, 0.2) is 130 Å². The van der Waals surface area contributed by atoms with Gasteiger partial charge in [0.2, 0.25) is 0 Å². The number of rotatable bonds is 19. The average Bonchev–Trinajstić information content (AvgIpc) is 3.70. The van der Waals surface area contributed by atoms with E-state index in [1.165, 1.54) is 36.0 Å². The van der Waals surface area contributed by atoms with Gasteiger partial charge in [0.1, 0.15) is 10.7 Å². The topological polar surface area (TPSA) is 148 Å². The summed E-state index contributed by atoms with van der Waals surface area (Å²) >= 11 is 12.2. The molecule has 6 aromatic rings. The lowest BCUT2D eigenvalue weighted by Crippen LogP contribution is -2.49. The van der Waals surface area contributed by atoms with Crippen LogP contribution in [0.3, 0.4) is 0 Å². The predicted octanol–water partition coefficient (Wildman–Crippen LogP) is 10.9. The first-order valence-corrected chi connectivity index (χ1v) is 29.2. The number of sulfone groups is 1. The molecule has 2 atom stereocenters. The molecule has 75 heavy (non-hydrogen) atoms. The largest absolute Gasteiger partial charge is 0.501 e. The number of alkyl halides is 3. The number of thioether (sulfide) groups is 1. The highest BCUT2D eigenvalue weighted by molar-refractivity contribution is 7.99. The van der Waals surface area contributed by atoms with Crippen molar-refractivity contribution >= 4 is 84.6 Å². The number of anilines is 4. The molecule has 2 aliphatic rings. The number of carbonyl (C=O) groups is 1. The molecule has 1 unspecified atom stereocenters. The number of nitrogens with zero attached hydrogens (tertiary/aromatic N) is 5. The number of thiol groups is 1. The first kappa shape index (κ1) is 55.8. The van der Waals surface area contributed by atoms with Gasteiger partial charge >= 0.3 is 11.5 Å². The van der Waals surface area contributed by atoms with Gasteiger partial charge in [0, 0.05) is 121 Å². The Bertz CT molecular complexity index is 3210. The molecule has 2 saturated heterocycles. The number of sulfonamides is 1. The Morgan fingerprint density at radius 2 is 1.45 bits per heavy atom. The van der Waals surface area contributed by atoms with Gasteiger partial charge in [-0.05, 0) is 123 Å². The van der Waals surface area contributed by atoms with Crippen LogP contribution in [0.5, 0.6) is 0 Å². The van der Waals surface area contributed by atoms with E-state index in [-0.39, 0.29) is 22.3 Å². The highest BCUT2D eigenvalue weighted by Gasteiger charge is 2.48. The fourth-order valence-corrected chi connectivity index (χ4v) is 13.1. The Kier molecular flexibility index (Phi) is 17.4. The number of aromatic carboxylic acids is 1. The number of carboxylic acids is 1. The van der Waals surface area contributed by atoms with Crippen LogP contribution in [-0.4, -0.2) is 124 Å². The lowest BCUT2D eigenvalue weighted by molar-refractivity contribution is -0.0436. The molecule has 3 heterocycles. The van der Waals surface area contributed by atoms with E-state index in [1.54, 1.807) is 49.4 Å². The molecular weight excluding hydrogens is 1070 g/mol. The van der Waals surface area contributed by atoms with Crippen molar-refractivity contribution in [1.29, 1.82) is 0 Å². The van der Waals surface area contributed by atoms with Gasteiger partial charge < -0.3 is 29.7 Å². The van der Waals surface area contributed by atoms with E-state index in [0.717, 1.165) is 54.5 Å². The van der Waals surface area contributed by atoms with E-state index in [2.05, 4.69) is 37.4 Å². The number of piperazine rings is 2. The fraction of sp³-hybridized carbons (Fsp3) is 0.340. The van der Waals surface area contributed by atoms with Crippen molar-refractivity contribution in [2.24, 2.45) is 0 Å². The predicted molar refractivity (Wildman–Crippen MR) is 295 cm³/mol. The number of halogens is 5. The van der Waals surface area contributed by atoms with E-state index in [1.807, 2.05) is 53.6 Å². The zero-order valence-corrected chi connectivity index (χ0v) is 45.5. The normalized spacial score (nSPS) is 16.0. The second-order valence-electron chi connectivity index (χ2n) is 18.4. The number of aromatic nitrogens is 1. The van der Waals surface area contributed by atoms with Crippen molar-refractivity contribution in [2.45, 2.75) is 65.3 Å². The molecule has 0 bridgehead atoms. The molecule has 22 heteroatoms. The second kappa shape index (κ2) is 23.4. The average molecular weight is 1130 g/mol. The van der Waals surface area contributed by atoms with E-state index < -0.39 is 53.0 Å². The van der Waals surface area contributed by atoms with Crippen LogP contribution in [0.2, 0.25) is 5.02 Å². The van der Waals surface area contributed by atoms with Crippen molar-refractivity contribution in [1.82, 2.24) is 14.4 Å². The van der Waals surface area contributed by atoms with Crippen molar-refractivity contribution in [3.05, 3.63) is 137 Å². The quantitative estimate of drug-likeness (QED) is 0.0348. The van der Waals surface area contributed by atoms with Gasteiger partial charge in [-0.25, -0.2) is 26.0 Å². The standard InChI is InChI=1S/C53H58ClF4N7O6S4/c1-4-65-35(2)49(52(66)67)50(51(65)37-10-12-39(54)13-11-37)38-30-40(55)32-44(31-38)64-28-26-63(27-29-64)43-16-14-41(15-17-43)60-75(70,71)46-18-19-47(48(33-46)74(68,69)53(56,57)58)59-42(34-73-45-8-6-5-7-9-45)20-21-61-22-24-62(25-23-61)36(3)72/h5-19,30-33,36,42,59-60,72H,4,20-29,34H2,1-3H3,(H,66,67)/t36?,42-/m1/s1. The summed E-state index contributed by atoms with van der Waals surface area (Å²) < 4.78 is 117. The highest BCUT2D eigenvalue weighted by atomic mass is 35.5. The zero-order chi connectivity index (χ0) is 53.8. The zero-order valence-electron chi connectivity index (χ0n) is 41.4. The summed E-state index contributed by atoms with van der Waals surface area (Å²) in [5, 5.41) is 14.1. The summed E-state index contributed by atoms with van der Waals surface area (Å²) in [7, 11) is -10.7. The first-order valence-electron chi connectivity index (χ1n) is 24.3. The van der Waals surface area contributed by atoms with Crippen molar-refractivity contribution < 1.29 is 44.3 Å². The summed E-state index contributed by atoms with van der Waals surface area (Å²) in [5.74, 6) is -1.29. The molecular formula is C53H58ClF4N7O6S4. The van der Waals surface area contributed by atoms with Crippen LogP contribution < -0.4 is 19.8 Å². The highest BCUT2D eigenvalue weighted by Crippen LogP contribution is 2.42. The van der Waals surface area contributed by atoms with Crippen molar-refractivity contribution in [3.63, 3.8) is 0 Å². The smallest absolute Gasteiger partial charge is 0.478 e. The van der Waals surface area contributed by atoms with Crippen LogP contribution >= 0.6 is 36.0 Å². The van der Waals surface area contributed by atoms with Crippen LogP contribution in [0.25, 0.3) is 22.4 Å². The van der Waals surface area contributed by atoms with Gasteiger partial charge in [0.15, 0.2) is 0 Å². The molecule has 2 fully saturated rings.